The number of nitrogens with one attached hydrogen (secondary N) is 1. The van der Waals surface area contributed by atoms with Crippen LogP contribution < -0.4 is 9.62 Å². The first-order chi connectivity index (χ1) is 19.5. The largest absolute Gasteiger partial charge is 0.352 e. The van der Waals surface area contributed by atoms with Crippen LogP contribution in [0.25, 0.3) is 0 Å². The third kappa shape index (κ3) is 8.61. The molecule has 7 nitrogen and oxygen atoms in total. The van der Waals surface area contributed by atoms with Gasteiger partial charge in [-0.2, -0.15) is 0 Å². The van der Waals surface area contributed by atoms with Gasteiger partial charge in [0.2, 0.25) is 21.8 Å². The molecule has 0 bridgehead atoms. The van der Waals surface area contributed by atoms with Crippen molar-refractivity contribution < 1.29 is 18.0 Å². The zero-order valence-corrected chi connectivity index (χ0v) is 25.7. The summed E-state index contributed by atoms with van der Waals surface area (Å²) in [6, 6.07) is 19.9. The van der Waals surface area contributed by atoms with E-state index in [1.165, 1.54) is 23.1 Å². The molecule has 2 amide bonds. The number of halogens is 3. The van der Waals surface area contributed by atoms with Crippen LogP contribution in [0.1, 0.15) is 36.8 Å². The fourth-order valence-electron chi connectivity index (χ4n) is 5.03. The summed E-state index contributed by atoms with van der Waals surface area (Å²) < 4.78 is 26.8. The molecule has 4 rings (SSSR count). The fraction of sp³-hybridized carbons (Fsp3) is 0.333. The predicted octanol–water partition coefficient (Wildman–Crippen LogP) is 6.11. The summed E-state index contributed by atoms with van der Waals surface area (Å²) >= 11 is 18.8. The van der Waals surface area contributed by atoms with Crippen LogP contribution in [-0.2, 0) is 32.6 Å². The van der Waals surface area contributed by atoms with Crippen LogP contribution in [0.2, 0.25) is 15.1 Å². The second-order valence-electron chi connectivity index (χ2n) is 10.2. The molecule has 3 aromatic carbocycles. The summed E-state index contributed by atoms with van der Waals surface area (Å²) in [6.45, 7) is -0.544. The zero-order valence-electron chi connectivity index (χ0n) is 22.6. The molecule has 11 heteroatoms. The Kier molecular flexibility index (Phi) is 10.6. The van der Waals surface area contributed by atoms with E-state index in [0.717, 1.165) is 41.8 Å². The van der Waals surface area contributed by atoms with E-state index in [2.05, 4.69) is 5.32 Å². The van der Waals surface area contributed by atoms with E-state index in [4.69, 9.17) is 34.8 Å². The molecule has 1 aliphatic carbocycles. The van der Waals surface area contributed by atoms with Crippen molar-refractivity contribution in [1.29, 1.82) is 0 Å². The quantitative estimate of drug-likeness (QED) is 0.275. The van der Waals surface area contributed by atoms with Crippen LogP contribution in [0, 0.1) is 0 Å². The van der Waals surface area contributed by atoms with Crippen molar-refractivity contribution in [3.8, 4) is 0 Å². The van der Waals surface area contributed by atoms with Gasteiger partial charge in [0.25, 0.3) is 0 Å². The van der Waals surface area contributed by atoms with Gasteiger partial charge in [0, 0.05) is 29.1 Å². The van der Waals surface area contributed by atoms with Crippen molar-refractivity contribution in [3.05, 3.63) is 99.0 Å². The highest BCUT2D eigenvalue weighted by Gasteiger charge is 2.34. The summed E-state index contributed by atoms with van der Waals surface area (Å²) in [7, 11) is -3.97. The Bertz CT molecular complexity index is 1480. The Balaban J connectivity index is 1.74. The van der Waals surface area contributed by atoms with Crippen LogP contribution in [0.15, 0.2) is 72.8 Å². The topological polar surface area (TPSA) is 86.8 Å². The Morgan fingerprint density at radius 3 is 2.22 bits per heavy atom. The number of amides is 2. The minimum Gasteiger partial charge on any atom is -0.352 e. The molecule has 3 aromatic rings. The minimum atomic E-state index is -3.97. The van der Waals surface area contributed by atoms with Crippen molar-refractivity contribution in [2.24, 2.45) is 0 Å². The standard InChI is InChI=1S/C30H32Cl3N3O4S/c1-41(39,40)36(27-18-24(32)14-15-26(27)33)20-29(37)35(19-22-10-7-11-23(31)16-22)28(17-21-8-3-2-4-9-21)30(38)34-25-12-5-6-13-25/h2-4,7-11,14-16,18,25,28H,5-6,12-13,17,19-20H2,1H3,(H,34,38). The molecular formula is C30H32Cl3N3O4S. The highest BCUT2D eigenvalue weighted by molar-refractivity contribution is 7.92. The lowest BCUT2D eigenvalue weighted by molar-refractivity contribution is -0.140. The molecule has 1 unspecified atom stereocenters. The van der Waals surface area contributed by atoms with E-state index in [1.54, 1.807) is 18.2 Å². The van der Waals surface area contributed by atoms with Crippen LogP contribution in [0.4, 0.5) is 5.69 Å². The number of carbonyl (C=O) groups is 2. The van der Waals surface area contributed by atoms with Crippen molar-refractivity contribution in [2.75, 3.05) is 17.1 Å². The number of carbonyl (C=O) groups excluding carboxylic acids is 2. The molecule has 0 saturated heterocycles. The smallest absolute Gasteiger partial charge is 0.244 e. The first kappa shape index (κ1) is 31.2. The second-order valence-corrected chi connectivity index (χ2v) is 13.4. The molecule has 1 atom stereocenters. The maximum absolute atomic E-state index is 14.2. The maximum Gasteiger partial charge on any atom is 0.244 e. The second kappa shape index (κ2) is 13.9. The Labute approximate surface area is 256 Å². The molecule has 1 aliphatic rings. The van der Waals surface area contributed by atoms with E-state index < -0.39 is 28.5 Å². The molecule has 1 N–H and O–H groups in total. The average molecular weight is 637 g/mol. The fourth-order valence-corrected chi connectivity index (χ4v) is 6.53. The summed E-state index contributed by atoms with van der Waals surface area (Å²) in [5, 5.41) is 4.00. The van der Waals surface area contributed by atoms with Crippen molar-refractivity contribution in [1.82, 2.24) is 10.2 Å². The van der Waals surface area contributed by atoms with Crippen molar-refractivity contribution in [3.63, 3.8) is 0 Å². The number of benzene rings is 3. The molecule has 0 heterocycles. The van der Waals surface area contributed by atoms with Crippen LogP contribution in [0.5, 0.6) is 0 Å². The number of anilines is 1. The SMILES string of the molecule is CS(=O)(=O)N(CC(=O)N(Cc1cccc(Cl)c1)C(Cc1ccccc1)C(=O)NC1CCCC1)c1cc(Cl)ccc1Cl. The van der Waals surface area contributed by atoms with Crippen LogP contribution in [0.3, 0.4) is 0 Å². The summed E-state index contributed by atoms with van der Waals surface area (Å²) in [5.41, 5.74) is 1.64. The molecule has 1 saturated carbocycles. The predicted molar refractivity (Wildman–Crippen MR) is 165 cm³/mol. The zero-order chi connectivity index (χ0) is 29.6. The number of nitrogens with zero attached hydrogens (tertiary/aromatic N) is 2. The van der Waals surface area contributed by atoms with Gasteiger partial charge in [-0.1, -0.05) is 90.1 Å². The molecule has 218 valence electrons. The summed E-state index contributed by atoms with van der Waals surface area (Å²) in [4.78, 5) is 29.4. The molecule has 0 spiro atoms. The Hall–Kier alpha value is -2.78. The first-order valence-electron chi connectivity index (χ1n) is 13.3. The molecule has 1 fully saturated rings. The normalized spacial score (nSPS) is 14.4. The lowest BCUT2D eigenvalue weighted by Gasteiger charge is -2.34. The minimum absolute atomic E-state index is 0.0293. The van der Waals surface area contributed by atoms with E-state index in [-0.39, 0.29) is 40.6 Å². The van der Waals surface area contributed by atoms with E-state index in [9.17, 15) is 18.0 Å². The highest BCUT2D eigenvalue weighted by atomic mass is 35.5. The third-order valence-electron chi connectivity index (χ3n) is 7.07. The van der Waals surface area contributed by atoms with Gasteiger partial charge in [0.05, 0.1) is 17.0 Å². The van der Waals surface area contributed by atoms with Gasteiger partial charge >= 0.3 is 0 Å². The number of hydrogen-bond acceptors (Lipinski definition) is 4. The van der Waals surface area contributed by atoms with Crippen LogP contribution in [-0.4, -0.2) is 50.0 Å². The monoisotopic (exact) mass is 635 g/mol. The molecule has 0 aliphatic heterocycles. The van der Waals surface area contributed by atoms with Crippen molar-refractivity contribution in [2.45, 2.75) is 50.7 Å². The van der Waals surface area contributed by atoms with Gasteiger partial charge in [0.15, 0.2) is 0 Å². The molecule has 0 radical (unpaired) electrons. The van der Waals surface area contributed by atoms with Crippen LogP contribution >= 0.6 is 34.8 Å². The first-order valence-corrected chi connectivity index (χ1v) is 16.3. The third-order valence-corrected chi connectivity index (χ3v) is 8.99. The molecule has 41 heavy (non-hydrogen) atoms. The summed E-state index contributed by atoms with van der Waals surface area (Å²) in [6.07, 6.45) is 5.05. The van der Waals surface area contributed by atoms with E-state index in [1.807, 2.05) is 36.4 Å². The molecular weight excluding hydrogens is 605 g/mol. The average Bonchev–Trinajstić information content (AvgIpc) is 3.43. The van der Waals surface area contributed by atoms with Gasteiger partial charge in [-0.3, -0.25) is 13.9 Å². The molecule has 0 aromatic heterocycles. The number of sulfonamides is 1. The Morgan fingerprint density at radius 1 is 0.902 bits per heavy atom. The maximum atomic E-state index is 14.2. The summed E-state index contributed by atoms with van der Waals surface area (Å²) in [5.74, 6) is -0.864. The van der Waals surface area contributed by atoms with Gasteiger partial charge in [-0.25, -0.2) is 8.42 Å². The van der Waals surface area contributed by atoms with Gasteiger partial charge < -0.3 is 10.2 Å². The van der Waals surface area contributed by atoms with Gasteiger partial charge in [0.1, 0.15) is 12.6 Å². The van der Waals surface area contributed by atoms with Gasteiger partial charge in [-0.15, -0.1) is 0 Å². The van der Waals surface area contributed by atoms with E-state index in [0.29, 0.717) is 10.6 Å². The van der Waals surface area contributed by atoms with Crippen molar-refractivity contribution >= 4 is 62.3 Å². The van der Waals surface area contributed by atoms with E-state index >= 15 is 0 Å². The number of rotatable bonds is 11. The van der Waals surface area contributed by atoms with Gasteiger partial charge in [-0.05, 0) is 54.3 Å². The number of hydrogen-bond donors (Lipinski definition) is 1. The highest BCUT2D eigenvalue weighted by Crippen LogP contribution is 2.31. The lowest BCUT2D eigenvalue weighted by atomic mass is 10.0. The lowest BCUT2D eigenvalue weighted by Crippen LogP contribution is -2.54. The Morgan fingerprint density at radius 2 is 1.56 bits per heavy atom.